The summed E-state index contributed by atoms with van der Waals surface area (Å²) >= 11 is 0. The molecule has 0 radical (unpaired) electrons. The van der Waals surface area contributed by atoms with E-state index in [0.29, 0.717) is 19.4 Å². The number of hydrogen-bond acceptors (Lipinski definition) is 6. The zero-order valence-corrected chi connectivity index (χ0v) is 23.2. The van der Waals surface area contributed by atoms with Crippen LogP contribution in [0.1, 0.15) is 82.6 Å². The standard InChI is InChI=1S/C31H44N2O4/c1-22-7-6-12-31(15-22,25-8-10-27-23(13-25)16-32(20-36-27)29(2,3)18-34)26-9-11-28-24(14-26)17-33(21-37-28)30(4,5)19-35/h8-11,13-14,22,34-35H,6-7,12,15-21H2,1-5H3. The number of benzene rings is 2. The van der Waals surface area contributed by atoms with E-state index >= 15 is 0 Å². The van der Waals surface area contributed by atoms with Crippen molar-refractivity contribution in [1.29, 1.82) is 0 Å². The van der Waals surface area contributed by atoms with Crippen molar-refractivity contribution >= 4 is 0 Å². The third-order valence-electron chi connectivity index (χ3n) is 9.18. The molecule has 1 saturated carbocycles. The Labute approximate surface area is 222 Å². The van der Waals surface area contributed by atoms with Crippen molar-refractivity contribution in [3.63, 3.8) is 0 Å². The number of nitrogens with zero attached hydrogens (tertiary/aromatic N) is 2. The van der Waals surface area contributed by atoms with Crippen molar-refractivity contribution in [1.82, 2.24) is 9.80 Å². The van der Waals surface area contributed by atoms with Crippen LogP contribution in [-0.2, 0) is 18.5 Å². The number of hydrogen-bond donors (Lipinski definition) is 2. The van der Waals surface area contributed by atoms with Crippen LogP contribution in [0.25, 0.3) is 0 Å². The molecule has 0 bridgehead atoms. The molecule has 6 heteroatoms. The molecule has 0 saturated heterocycles. The molecular weight excluding hydrogens is 464 g/mol. The highest BCUT2D eigenvalue weighted by atomic mass is 16.5. The second-order valence-corrected chi connectivity index (χ2v) is 12.8. The van der Waals surface area contributed by atoms with Crippen LogP contribution in [0.2, 0.25) is 0 Å². The smallest absolute Gasteiger partial charge is 0.142 e. The molecule has 0 aromatic heterocycles. The van der Waals surface area contributed by atoms with Gasteiger partial charge in [0, 0.05) is 40.7 Å². The Hall–Kier alpha value is -2.12. The Bertz CT molecular complexity index is 1050. The van der Waals surface area contributed by atoms with Gasteiger partial charge in [0.2, 0.25) is 0 Å². The minimum atomic E-state index is -0.336. The van der Waals surface area contributed by atoms with Gasteiger partial charge in [0.25, 0.3) is 0 Å². The number of aliphatic hydroxyl groups is 2. The van der Waals surface area contributed by atoms with Crippen molar-refractivity contribution in [2.45, 2.75) is 89.9 Å². The van der Waals surface area contributed by atoms with Crippen molar-refractivity contribution in [2.24, 2.45) is 5.92 Å². The molecule has 1 fully saturated rings. The first kappa shape index (κ1) is 26.5. The number of fused-ring (bicyclic) bond motifs is 2. The van der Waals surface area contributed by atoms with Crippen molar-refractivity contribution in [2.75, 3.05) is 26.7 Å². The number of ether oxygens (including phenoxy) is 2. The molecule has 37 heavy (non-hydrogen) atoms. The van der Waals surface area contributed by atoms with Crippen LogP contribution in [0.3, 0.4) is 0 Å². The van der Waals surface area contributed by atoms with Crippen LogP contribution in [0, 0.1) is 5.92 Å². The van der Waals surface area contributed by atoms with Crippen molar-refractivity contribution in [3.8, 4) is 11.5 Å². The summed E-state index contributed by atoms with van der Waals surface area (Å²) in [6.45, 7) is 13.3. The van der Waals surface area contributed by atoms with Gasteiger partial charge in [-0.3, -0.25) is 9.80 Å². The van der Waals surface area contributed by atoms with Crippen LogP contribution in [0.15, 0.2) is 36.4 Å². The normalized spacial score (nSPS) is 22.5. The first-order valence-corrected chi connectivity index (χ1v) is 13.8. The maximum atomic E-state index is 9.93. The van der Waals surface area contributed by atoms with E-state index in [9.17, 15) is 10.2 Å². The van der Waals surface area contributed by atoms with Crippen molar-refractivity contribution < 1.29 is 19.7 Å². The molecule has 3 aliphatic rings. The Morgan fingerprint density at radius 2 is 1.32 bits per heavy atom. The van der Waals surface area contributed by atoms with Crippen molar-refractivity contribution in [3.05, 3.63) is 58.7 Å². The zero-order valence-electron chi connectivity index (χ0n) is 23.2. The van der Waals surface area contributed by atoms with Crippen LogP contribution in [0.5, 0.6) is 11.5 Å². The Kier molecular flexibility index (Phi) is 7.07. The van der Waals surface area contributed by atoms with E-state index in [1.807, 2.05) is 0 Å². The lowest BCUT2D eigenvalue weighted by atomic mass is 9.62. The minimum Gasteiger partial charge on any atom is -0.478 e. The monoisotopic (exact) mass is 508 g/mol. The summed E-state index contributed by atoms with van der Waals surface area (Å²) < 4.78 is 12.3. The van der Waals surface area contributed by atoms with E-state index in [4.69, 9.17) is 9.47 Å². The molecule has 2 N–H and O–H groups in total. The Balaban J connectivity index is 1.53. The second kappa shape index (κ2) is 9.88. The summed E-state index contributed by atoms with van der Waals surface area (Å²) in [5, 5.41) is 19.9. The van der Waals surface area contributed by atoms with E-state index in [2.05, 4.69) is 80.8 Å². The maximum Gasteiger partial charge on any atom is 0.142 e. The summed E-state index contributed by atoms with van der Waals surface area (Å²) in [6, 6.07) is 13.6. The fourth-order valence-electron chi connectivity index (χ4n) is 6.30. The molecule has 2 aliphatic heterocycles. The first-order valence-electron chi connectivity index (χ1n) is 13.8. The van der Waals surface area contributed by atoms with Gasteiger partial charge in [0.15, 0.2) is 0 Å². The second-order valence-electron chi connectivity index (χ2n) is 12.8. The highest BCUT2D eigenvalue weighted by molar-refractivity contribution is 5.49. The van der Waals surface area contributed by atoms with Gasteiger partial charge >= 0.3 is 0 Å². The van der Waals surface area contributed by atoms with Gasteiger partial charge in [-0.2, -0.15) is 0 Å². The van der Waals surface area contributed by atoms with Gasteiger partial charge in [-0.05, 0) is 81.8 Å². The largest absolute Gasteiger partial charge is 0.478 e. The van der Waals surface area contributed by atoms with Gasteiger partial charge in [-0.25, -0.2) is 0 Å². The quantitative estimate of drug-likeness (QED) is 0.571. The van der Waals surface area contributed by atoms with E-state index < -0.39 is 0 Å². The van der Waals surface area contributed by atoms with E-state index in [1.54, 1.807) is 0 Å². The van der Waals surface area contributed by atoms with Crippen LogP contribution < -0.4 is 9.47 Å². The third kappa shape index (κ3) is 4.89. The summed E-state index contributed by atoms with van der Waals surface area (Å²) in [6.07, 6.45) is 4.70. The van der Waals surface area contributed by atoms with E-state index in [-0.39, 0.29) is 29.7 Å². The predicted molar refractivity (Wildman–Crippen MR) is 146 cm³/mol. The minimum absolute atomic E-state index is 0.0642. The van der Waals surface area contributed by atoms with Gasteiger partial charge < -0.3 is 19.7 Å². The highest BCUT2D eigenvalue weighted by Gasteiger charge is 2.40. The number of aliphatic hydroxyl groups excluding tert-OH is 2. The lowest BCUT2D eigenvalue weighted by Gasteiger charge is -2.44. The Morgan fingerprint density at radius 1 is 0.838 bits per heavy atom. The lowest BCUT2D eigenvalue weighted by Crippen LogP contribution is -2.49. The third-order valence-corrected chi connectivity index (χ3v) is 9.18. The fraction of sp³-hybridized carbons (Fsp3) is 0.613. The molecule has 2 heterocycles. The Morgan fingerprint density at radius 3 is 1.76 bits per heavy atom. The molecule has 202 valence electrons. The van der Waals surface area contributed by atoms with Gasteiger partial charge in [0.05, 0.1) is 13.2 Å². The van der Waals surface area contributed by atoms with Crippen LogP contribution in [-0.4, -0.2) is 57.8 Å². The van der Waals surface area contributed by atoms with E-state index in [0.717, 1.165) is 37.4 Å². The molecule has 0 amide bonds. The molecule has 0 spiro atoms. The molecule has 5 rings (SSSR count). The molecule has 1 aliphatic carbocycles. The molecule has 6 nitrogen and oxygen atoms in total. The zero-order chi connectivity index (χ0) is 26.4. The maximum absolute atomic E-state index is 9.93. The van der Waals surface area contributed by atoms with Gasteiger partial charge in [-0.15, -0.1) is 0 Å². The fourth-order valence-corrected chi connectivity index (χ4v) is 6.30. The van der Waals surface area contributed by atoms with Gasteiger partial charge in [-0.1, -0.05) is 31.9 Å². The average Bonchev–Trinajstić information content (AvgIpc) is 2.91. The molecule has 1 unspecified atom stereocenters. The summed E-state index contributed by atoms with van der Waals surface area (Å²) in [5.74, 6) is 2.55. The highest BCUT2D eigenvalue weighted by Crippen LogP contribution is 2.49. The van der Waals surface area contributed by atoms with Crippen LogP contribution in [0.4, 0.5) is 0 Å². The summed E-state index contributed by atoms with van der Waals surface area (Å²) in [4.78, 5) is 4.42. The topological polar surface area (TPSA) is 65.4 Å². The SMILES string of the molecule is CC1CCCC(c2ccc3c(c2)CN(C(C)(C)CO)CO3)(c2ccc3c(c2)CN(C(C)(C)CO)CO3)C1. The summed E-state index contributed by atoms with van der Waals surface area (Å²) in [5.41, 5.74) is 4.36. The molecule has 1 atom stereocenters. The van der Waals surface area contributed by atoms with E-state index in [1.165, 1.54) is 35.1 Å². The number of rotatable bonds is 6. The molecule has 2 aromatic rings. The van der Waals surface area contributed by atoms with Gasteiger partial charge in [0.1, 0.15) is 25.0 Å². The summed E-state index contributed by atoms with van der Waals surface area (Å²) in [7, 11) is 0. The predicted octanol–water partition coefficient (Wildman–Crippen LogP) is 5.03. The molecule has 2 aromatic carbocycles. The average molecular weight is 509 g/mol. The lowest BCUT2D eigenvalue weighted by molar-refractivity contribution is -0.0168. The van der Waals surface area contributed by atoms with Crippen LogP contribution >= 0.6 is 0 Å². The molecular formula is C31H44N2O4. The first-order chi connectivity index (χ1) is 17.6.